The summed E-state index contributed by atoms with van der Waals surface area (Å²) in [6, 6.07) is 7.69. The molecule has 0 aliphatic carbocycles. The number of nitrogens with zero attached hydrogens (tertiary/aromatic N) is 3. The minimum atomic E-state index is 0.690. The van der Waals surface area contributed by atoms with Crippen LogP contribution in [-0.4, -0.2) is 34.7 Å². The predicted octanol–water partition coefficient (Wildman–Crippen LogP) is 3.36. The SMILES string of the molecule is COCCCn1c(SC)nnc1-c1ccccc1Cl. The molecule has 0 aliphatic rings. The maximum absolute atomic E-state index is 6.23. The predicted molar refractivity (Wildman–Crippen MR) is 78.7 cm³/mol. The van der Waals surface area contributed by atoms with Crippen LogP contribution >= 0.6 is 23.4 Å². The lowest BCUT2D eigenvalue weighted by Crippen LogP contribution is -2.05. The molecule has 2 aromatic rings. The van der Waals surface area contributed by atoms with E-state index in [0.29, 0.717) is 11.6 Å². The van der Waals surface area contributed by atoms with E-state index in [1.165, 1.54) is 0 Å². The van der Waals surface area contributed by atoms with Crippen LogP contribution in [0.3, 0.4) is 0 Å². The van der Waals surface area contributed by atoms with E-state index in [1.807, 2.05) is 30.5 Å². The lowest BCUT2D eigenvalue weighted by molar-refractivity contribution is 0.189. The Morgan fingerprint density at radius 3 is 2.79 bits per heavy atom. The van der Waals surface area contributed by atoms with Crippen LogP contribution in [0.1, 0.15) is 6.42 Å². The van der Waals surface area contributed by atoms with E-state index in [1.54, 1.807) is 18.9 Å². The van der Waals surface area contributed by atoms with Gasteiger partial charge in [0, 0.05) is 25.8 Å². The maximum atomic E-state index is 6.23. The van der Waals surface area contributed by atoms with E-state index in [9.17, 15) is 0 Å². The smallest absolute Gasteiger partial charge is 0.191 e. The van der Waals surface area contributed by atoms with E-state index in [-0.39, 0.29) is 0 Å². The zero-order chi connectivity index (χ0) is 13.7. The molecule has 0 bridgehead atoms. The highest BCUT2D eigenvalue weighted by atomic mass is 35.5. The van der Waals surface area contributed by atoms with Crippen LogP contribution < -0.4 is 0 Å². The Kier molecular flexibility index (Phi) is 5.24. The minimum absolute atomic E-state index is 0.690. The average molecular weight is 298 g/mol. The van der Waals surface area contributed by atoms with Gasteiger partial charge in [-0.3, -0.25) is 0 Å². The number of benzene rings is 1. The highest BCUT2D eigenvalue weighted by Gasteiger charge is 2.14. The molecule has 0 spiro atoms. The number of hydrogen-bond acceptors (Lipinski definition) is 4. The topological polar surface area (TPSA) is 39.9 Å². The van der Waals surface area contributed by atoms with Gasteiger partial charge in [-0.2, -0.15) is 0 Å². The molecule has 0 unspecified atom stereocenters. The van der Waals surface area contributed by atoms with Crippen LogP contribution in [0.5, 0.6) is 0 Å². The Bertz CT molecular complexity index is 544. The Morgan fingerprint density at radius 2 is 2.11 bits per heavy atom. The maximum Gasteiger partial charge on any atom is 0.191 e. The van der Waals surface area contributed by atoms with E-state index >= 15 is 0 Å². The van der Waals surface area contributed by atoms with Crippen molar-refractivity contribution in [1.82, 2.24) is 14.8 Å². The molecule has 1 heterocycles. The van der Waals surface area contributed by atoms with Crippen LogP contribution in [0.2, 0.25) is 5.02 Å². The van der Waals surface area contributed by atoms with Crippen molar-refractivity contribution in [3.8, 4) is 11.4 Å². The number of rotatable bonds is 6. The molecule has 1 aromatic carbocycles. The average Bonchev–Trinajstić information content (AvgIpc) is 2.82. The van der Waals surface area contributed by atoms with Gasteiger partial charge in [0.15, 0.2) is 11.0 Å². The molecule has 6 heteroatoms. The Morgan fingerprint density at radius 1 is 1.32 bits per heavy atom. The van der Waals surface area contributed by atoms with E-state index in [2.05, 4.69) is 14.8 Å². The monoisotopic (exact) mass is 297 g/mol. The first kappa shape index (κ1) is 14.4. The van der Waals surface area contributed by atoms with Gasteiger partial charge in [0.1, 0.15) is 0 Å². The summed E-state index contributed by atoms with van der Waals surface area (Å²) in [5.74, 6) is 0.811. The second-order valence-corrected chi connectivity index (χ2v) is 5.17. The molecule has 0 saturated carbocycles. The molecule has 0 aliphatic heterocycles. The summed E-state index contributed by atoms with van der Waals surface area (Å²) in [7, 11) is 1.70. The molecular weight excluding hydrogens is 282 g/mol. The van der Waals surface area contributed by atoms with Crippen LogP contribution in [0.4, 0.5) is 0 Å². The number of aromatic nitrogens is 3. The number of thioether (sulfide) groups is 1. The van der Waals surface area contributed by atoms with Crippen LogP contribution in [0, 0.1) is 0 Å². The molecule has 2 rings (SSSR count). The largest absolute Gasteiger partial charge is 0.385 e. The van der Waals surface area contributed by atoms with E-state index in [0.717, 1.165) is 29.5 Å². The minimum Gasteiger partial charge on any atom is -0.385 e. The third kappa shape index (κ3) is 3.29. The Balaban J connectivity index is 2.35. The van der Waals surface area contributed by atoms with Gasteiger partial charge >= 0.3 is 0 Å². The highest BCUT2D eigenvalue weighted by molar-refractivity contribution is 7.98. The van der Waals surface area contributed by atoms with Crippen LogP contribution in [0.15, 0.2) is 29.4 Å². The number of ether oxygens (including phenoxy) is 1. The van der Waals surface area contributed by atoms with Gasteiger partial charge in [0.2, 0.25) is 0 Å². The fourth-order valence-electron chi connectivity index (χ4n) is 1.85. The van der Waals surface area contributed by atoms with Crippen molar-refractivity contribution < 1.29 is 4.74 Å². The number of hydrogen-bond donors (Lipinski definition) is 0. The third-order valence-corrected chi connectivity index (χ3v) is 3.74. The Labute approximate surface area is 122 Å². The fraction of sp³-hybridized carbons (Fsp3) is 0.385. The molecule has 0 fully saturated rings. The van der Waals surface area contributed by atoms with Gasteiger partial charge in [0.25, 0.3) is 0 Å². The first-order valence-corrected chi connectivity index (χ1v) is 7.59. The zero-order valence-corrected chi connectivity index (χ0v) is 12.5. The quantitative estimate of drug-likeness (QED) is 0.605. The van der Waals surface area contributed by atoms with Gasteiger partial charge in [0.05, 0.1) is 5.02 Å². The van der Waals surface area contributed by atoms with Crippen LogP contribution in [-0.2, 0) is 11.3 Å². The number of methoxy groups -OCH3 is 1. The van der Waals surface area contributed by atoms with Crippen molar-refractivity contribution in [3.63, 3.8) is 0 Å². The zero-order valence-electron chi connectivity index (χ0n) is 11.0. The van der Waals surface area contributed by atoms with E-state index in [4.69, 9.17) is 16.3 Å². The van der Waals surface area contributed by atoms with Crippen molar-refractivity contribution in [1.29, 1.82) is 0 Å². The lowest BCUT2D eigenvalue weighted by Gasteiger charge is -2.09. The lowest BCUT2D eigenvalue weighted by atomic mass is 10.2. The molecule has 0 atom stereocenters. The second kappa shape index (κ2) is 6.93. The fourth-order valence-corrected chi connectivity index (χ4v) is 2.59. The van der Waals surface area contributed by atoms with Gasteiger partial charge in [-0.1, -0.05) is 35.5 Å². The standard InChI is InChI=1S/C13H16ClN3OS/c1-18-9-5-8-17-12(15-16-13(17)19-2)10-6-3-4-7-11(10)14/h3-4,6-7H,5,8-9H2,1-2H3. The molecule has 0 N–H and O–H groups in total. The van der Waals surface area contributed by atoms with Crippen molar-refractivity contribution >= 4 is 23.4 Å². The molecule has 0 radical (unpaired) electrons. The highest BCUT2D eigenvalue weighted by Crippen LogP contribution is 2.28. The summed E-state index contributed by atoms with van der Waals surface area (Å²) < 4.78 is 7.18. The molecule has 1 aromatic heterocycles. The first-order valence-electron chi connectivity index (χ1n) is 5.99. The number of halogens is 1. The van der Waals surface area contributed by atoms with Gasteiger partial charge in [-0.15, -0.1) is 10.2 Å². The molecule has 0 saturated heterocycles. The second-order valence-electron chi connectivity index (χ2n) is 3.99. The molecule has 102 valence electrons. The van der Waals surface area contributed by atoms with E-state index < -0.39 is 0 Å². The van der Waals surface area contributed by atoms with Gasteiger partial charge < -0.3 is 9.30 Å². The van der Waals surface area contributed by atoms with Crippen molar-refractivity contribution in [2.45, 2.75) is 18.1 Å². The summed E-state index contributed by atoms with van der Waals surface area (Å²) >= 11 is 7.81. The van der Waals surface area contributed by atoms with Crippen LogP contribution in [0.25, 0.3) is 11.4 Å². The molecule has 19 heavy (non-hydrogen) atoms. The first-order chi connectivity index (χ1) is 9.27. The van der Waals surface area contributed by atoms with Crippen molar-refractivity contribution in [2.24, 2.45) is 0 Å². The molecule has 4 nitrogen and oxygen atoms in total. The molecule has 0 amide bonds. The summed E-state index contributed by atoms with van der Waals surface area (Å²) in [4.78, 5) is 0. The van der Waals surface area contributed by atoms with Crippen molar-refractivity contribution in [3.05, 3.63) is 29.3 Å². The normalized spacial score (nSPS) is 10.9. The molecular formula is C13H16ClN3OS. The summed E-state index contributed by atoms with van der Waals surface area (Å²) in [5, 5.41) is 10.1. The van der Waals surface area contributed by atoms with Gasteiger partial charge in [-0.25, -0.2) is 0 Å². The summed E-state index contributed by atoms with van der Waals surface area (Å²) in [6.45, 7) is 1.53. The third-order valence-electron chi connectivity index (χ3n) is 2.74. The summed E-state index contributed by atoms with van der Waals surface area (Å²) in [5.41, 5.74) is 0.911. The van der Waals surface area contributed by atoms with Gasteiger partial charge in [-0.05, 0) is 24.8 Å². The summed E-state index contributed by atoms with van der Waals surface area (Å²) in [6.07, 6.45) is 2.91. The Hall–Kier alpha value is -1.04. The van der Waals surface area contributed by atoms with Crippen molar-refractivity contribution in [2.75, 3.05) is 20.0 Å².